The fourth-order valence-electron chi connectivity index (χ4n) is 7.49. The Labute approximate surface area is 210 Å². The average molecular weight is 474 g/mol. The van der Waals surface area contributed by atoms with E-state index in [0.29, 0.717) is 24.9 Å². The minimum atomic E-state index is -0.872. The van der Waals surface area contributed by atoms with Crippen molar-refractivity contribution in [2.24, 2.45) is 17.3 Å². The van der Waals surface area contributed by atoms with Gasteiger partial charge >= 0.3 is 0 Å². The highest BCUT2D eigenvalue weighted by atomic mass is 16.5. The number of aliphatic hydroxyl groups is 1. The lowest BCUT2D eigenvalue weighted by Gasteiger charge is -2.51. The lowest BCUT2D eigenvalue weighted by molar-refractivity contribution is -0.115. The first-order chi connectivity index (χ1) is 16.8. The second-order valence-electron chi connectivity index (χ2n) is 11.5. The van der Waals surface area contributed by atoms with Gasteiger partial charge in [-0.05, 0) is 106 Å². The molecule has 4 heteroatoms. The lowest BCUT2D eigenvalue weighted by atomic mass is 9.54. The third-order valence-corrected chi connectivity index (χ3v) is 9.35. The molecule has 4 nitrogen and oxygen atoms in total. The number of likely N-dealkylation sites (N-methyl/N-ethyl adjacent to an activating group) is 1. The predicted molar refractivity (Wildman–Crippen MR) is 139 cm³/mol. The zero-order chi connectivity index (χ0) is 24.8. The van der Waals surface area contributed by atoms with Crippen molar-refractivity contribution in [3.05, 3.63) is 52.6 Å². The molecular formula is C31H39NO3. The van der Waals surface area contributed by atoms with E-state index in [2.05, 4.69) is 47.9 Å². The minimum absolute atomic E-state index is 0.121. The van der Waals surface area contributed by atoms with Crippen LogP contribution in [0.5, 0.6) is 5.75 Å². The summed E-state index contributed by atoms with van der Waals surface area (Å²) in [6, 6.07) is 8.41. The number of hydrogen-bond acceptors (Lipinski definition) is 4. The predicted octanol–water partition coefficient (Wildman–Crippen LogP) is 5.28. The molecule has 0 amide bonds. The Morgan fingerprint density at radius 2 is 1.91 bits per heavy atom. The molecule has 186 valence electrons. The Morgan fingerprint density at radius 3 is 2.63 bits per heavy atom. The third-order valence-electron chi connectivity index (χ3n) is 9.35. The van der Waals surface area contributed by atoms with Crippen LogP contribution in [-0.2, 0) is 4.79 Å². The van der Waals surface area contributed by atoms with Crippen LogP contribution in [-0.4, -0.2) is 48.6 Å². The highest BCUT2D eigenvalue weighted by Gasteiger charge is 2.60. The van der Waals surface area contributed by atoms with Crippen molar-refractivity contribution >= 4 is 5.78 Å². The third kappa shape index (κ3) is 4.17. The molecule has 4 aliphatic rings. The summed E-state index contributed by atoms with van der Waals surface area (Å²) in [5, 5.41) is 11.5. The number of hydrogen-bond donors (Lipinski definition) is 1. The maximum absolute atomic E-state index is 12.7. The van der Waals surface area contributed by atoms with Crippen LogP contribution < -0.4 is 4.74 Å². The number of ketones is 1. The summed E-state index contributed by atoms with van der Waals surface area (Å²) in [4.78, 5) is 14.9. The number of benzene rings is 1. The first kappa shape index (κ1) is 24.3. The fourth-order valence-corrected chi connectivity index (χ4v) is 7.49. The molecule has 5 rings (SSSR count). The molecule has 2 saturated carbocycles. The topological polar surface area (TPSA) is 49.8 Å². The van der Waals surface area contributed by atoms with E-state index in [0.717, 1.165) is 50.8 Å². The van der Waals surface area contributed by atoms with Crippen LogP contribution in [0.1, 0.15) is 70.3 Å². The second kappa shape index (κ2) is 9.26. The van der Waals surface area contributed by atoms with Gasteiger partial charge in [-0.3, -0.25) is 4.79 Å². The molecule has 0 spiro atoms. The minimum Gasteiger partial charge on any atom is -0.492 e. The largest absolute Gasteiger partial charge is 0.492 e. The number of carbonyl (C=O) groups excluding carboxylic acids is 1. The number of nitrogens with zero attached hydrogens (tertiary/aromatic N) is 1. The van der Waals surface area contributed by atoms with Crippen molar-refractivity contribution in [3.8, 4) is 17.6 Å². The number of fused-ring (bicyclic) bond motifs is 4. The van der Waals surface area contributed by atoms with Crippen LogP contribution in [0.25, 0.3) is 0 Å². The highest BCUT2D eigenvalue weighted by molar-refractivity contribution is 5.94. The Morgan fingerprint density at radius 1 is 1.14 bits per heavy atom. The molecular weight excluding hydrogens is 434 g/mol. The van der Waals surface area contributed by atoms with Crippen LogP contribution >= 0.6 is 0 Å². The van der Waals surface area contributed by atoms with Crippen LogP contribution in [0.15, 0.2) is 47.1 Å². The SMILES string of the molecule is CC#C[C@]1(O)CC[C@H]2[C@@H]3CCC4=CC(=O)CC(c5ccc(OCCN(C)C)cc5)C4=C3CC[C@@]21C. The standard InChI is InChI=1S/C31H39NO3/c1-5-14-31(34)16-13-28-25-11-8-22-19-23(33)20-27(29(22)26(25)12-15-30(28,31)2)21-6-9-24(10-7-21)35-18-17-32(3)4/h6-7,9-10,19,25,27-28,34H,8,11-13,15-18,20H2,1-4H3/t25-,27?,28+,30+,31+/m1/s1. The van der Waals surface area contributed by atoms with Gasteiger partial charge in [0, 0.05) is 24.3 Å². The van der Waals surface area contributed by atoms with Crippen molar-refractivity contribution in [1.82, 2.24) is 4.90 Å². The van der Waals surface area contributed by atoms with Gasteiger partial charge < -0.3 is 14.7 Å². The molecule has 35 heavy (non-hydrogen) atoms. The number of allylic oxidation sites excluding steroid dienone is 4. The lowest BCUT2D eigenvalue weighted by Crippen LogP contribution is -2.49. The molecule has 0 aliphatic heterocycles. The van der Waals surface area contributed by atoms with Gasteiger partial charge in [-0.2, -0.15) is 0 Å². The summed E-state index contributed by atoms with van der Waals surface area (Å²) in [6.07, 6.45) is 8.28. The van der Waals surface area contributed by atoms with E-state index >= 15 is 0 Å². The van der Waals surface area contributed by atoms with Gasteiger partial charge in [0.1, 0.15) is 18.0 Å². The Hall–Kier alpha value is -2.35. The van der Waals surface area contributed by atoms with Crippen LogP contribution in [0.2, 0.25) is 0 Å². The van der Waals surface area contributed by atoms with Crippen molar-refractivity contribution in [2.45, 2.75) is 70.3 Å². The average Bonchev–Trinajstić information content (AvgIpc) is 3.09. The molecule has 0 aromatic heterocycles. The molecule has 0 saturated heterocycles. The highest BCUT2D eigenvalue weighted by Crippen LogP contribution is 2.64. The van der Waals surface area contributed by atoms with Crippen molar-refractivity contribution in [2.75, 3.05) is 27.2 Å². The Bertz CT molecular complexity index is 1120. The first-order valence-corrected chi connectivity index (χ1v) is 13.3. The zero-order valence-electron chi connectivity index (χ0n) is 21.7. The molecule has 0 bridgehead atoms. The van der Waals surface area contributed by atoms with Gasteiger partial charge in [0.05, 0.1) is 0 Å². The summed E-state index contributed by atoms with van der Waals surface area (Å²) in [7, 11) is 4.09. The first-order valence-electron chi connectivity index (χ1n) is 13.3. The number of rotatable bonds is 5. The van der Waals surface area contributed by atoms with Gasteiger partial charge in [0.2, 0.25) is 0 Å². The molecule has 5 atom stereocenters. The summed E-state index contributed by atoms with van der Waals surface area (Å²) in [5.74, 6) is 8.39. The maximum Gasteiger partial charge on any atom is 0.156 e. The van der Waals surface area contributed by atoms with Crippen molar-refractivity contribution < 1.29 is 14.6 Å². The van der Waals surface area contributed by atoms with E-state index < -0.39 is 5.60 Å². The normalized spacial score (nSPS) is 33.9. The zero-order valence-corrected chi connectivity index (χ0v) is 21.7. The summed E-state index contributed by atoms with van der Waals surface area (Å²) in [6.45, 7) is 5.65. The Balaban J connectivity index is 1.46. The van der Waals surface area contributed by atoms with Gasteiger partial charge in [-0.15, -0.1) is 5.92 Å². The summed E-state index contributed by atoms with van der Waals surface area (Å²) >= 11 is 0. The van der Waals surface area contributed by atoms with Gasteiger partial charge in [0.15, 0.2) is 5.78 Å². The van der Waals surface area contributed by atoms with E-state index in [4.69, 9.17) is 4.74 Å². The van der Waals surface area contributed by atoms with Gasteiger partial charge in [-0.25, -0.2) is 0 Å². The number of carbonyl (C=O) groups is 1. The van der Waals surface area contributed by atoms with E-state index in [1.54, 1.807) is 5.57 Å². The van der Waals surface area contributed by atoms with E-state index in [9.17, 15) is 9.90 Å². The van der Waals surface area contributed by atoms with E-state index in [-0.39, 0.29) is 17.1 Å². The smallest absolute Gasteiger partial charge is 0.156 e. The quantitative estimate of drug-likeness (QED) is 0.591. The van der Waals surface area contributed by atoms with Crippen LogP contribution in [0.3, 0.4) is 0 Å². The van der Waals surface area contributed by atoms with Gasteiger partial charge in [0.25, 0.3) is 0 Å². The molecule has 1 aromatic rings. The number of ether oxygens (including phenoxy) is 1. The van der Waals surface area contributed by atoms with E-state index in [1.807, 2.05) is 27.1 Å². The van der Waals surface area contributed by atoms with Crippen molar-refractivity contribution in [3.63, 3.8) is 0 Å². The molecule has 4 aliphatic carbocycles. The monoisotopic (exact) mass is 473 g/mol. The molecule has 1 unspecified atom stereocenters. The van der Waals surface area contributed by atoms with Crippen LogP contribution in [0.4, 0.5) is 0 Å². The molecule has 2 fully saturated rings. The molecule has 1 N–H and O–H groups in total. The maximum atomic E-state index is 12.7. The Kier molecular flexibility index (Phi) is 6.45. The van der Waals surface area contributed by atoms with Crippen molar-refractivity contribution in [1.29, 1.82) is 0 Å². The fraction of sp³-hybridized carbons (Fsp3) is 0.581. The summed E-state index contributed by atoms with van der Waals surface area (Å²) in [5.41, 5.74) is 4.43. The van der Waals surface area contributed by atoms with Crippen LogP contribution in [0, 0.1) is 29.1 Å². The van der Waals surface area contributed by atoms with Gasteiger partial charge in [-0.1, -0.05) is 30.6 Å². The van der Waals surface area contributed by atoms with E-state index in [1.165, 1.54) is 16.7 Å². The molecule has 1 aromatic carbocycles. The summed E-state index contributed by atoms with van der Waals surface area (Å²) < 4.78 is 5.90. The molecule has 0 heterocycles. The molecule has 0 radical (unpaired) electrons. The second-order valence-corrected chi connectivity index (χ2v) is 11.5.